The van der Waals surface area contributed by atoms with Crippen molar-refractivity contribution in [2.24, 2.45) is 0 Å². The quantitative estimate of drug-likeness (QED) is 0.855. The van der Waals surface area contributed by atoms with Gasteiger partial charge in [-0.15, -0.1) is 0 Å². The predicted molar refractivity (Wildman–Crippen MR) is 94.3 cm³/mol. The van der Waals surface area contributed by atoms with Crippen LogP contribution in [0.25, 0.3) is 0 Å². The first-order valence-corrected chi connectivity index (χ1v) is 8.61. The number of carbonyl (C=O) groups is 1. The monoisotopic (exact) mass is 396 g/mol. The van der Waals surface area contributed by atoms with E-state index < -0.39 is 17.8 Å². The minimum atomic E-state index is -4.55. The summed E-state index contributed by atoms with van der Waals surface area (Å²) in [5.74, 6) is 0.556. The lowest BCUT2D eigenvalue weighted by molar-refractivity contribution is -0.136. The summed E-state index contributed by atoms with van der Waals surface area (Å²) >= 11 is 0. The molecule has 0 radical (unpaired) electrons. The van der Waals surface area contributed by atoms with E-state index in [1.165, 1.54) is 42.6 Å². The average molecular weight is 396 g/mol. The van der Waals surface area contributed by atoms with Gasteiger partial charge in [-0.05, 0) is 25.0 Å². The molecule has 1 N–H and O–H groups in total. The van der Waals surface area contributed by atoms with Gasteiger partial charge < -0.3 is 19.7 Å². The van der Waals surface area contributed by atoms with E-state index in [2.05, 4.69) is 15.3 Å². The van der Waals surface area contributed by atoms with Crippen molar-refractivity contribution >= 4 is 11.7 Å². The highest BCUT2D eigenvalue weighted by Crippen LogP contribution is 2.34. The number of urea groups is 1. The number of halogens is 3. The van der Waals surface area contributed by atoms with Crippen LogP contribution in [0.1, 0.15) is 18.4 Å². The number of methoxy groups -OCH3 is 1. The number of carbonyl (C=O) groups excluding carboxylic acids is 1. The summed E-state index contributed by atoms with van der Waals surface area (Å²) in [6.07, 6.45) is -0.702. The number of hydrogen-bond donors (Lipinski definition) is 1. The summed E-state index contributed by atoms with van der Waals surface area (Å²) in [6, 6.07) is 4.26. The number of para-hydroxylation sites is 1. The third kappa shape index (κ3) is 4.81. The molecular formula is C18H19F3N4O3. The molecule has 10 heteroatoms. The second-order valence-corrected chi connectivity index (χ2v) is 6.20. The van der Waals surface area contributed by atoms with E-state index in [0.717, 1.165) is 6.07 Å². The van der Waals surface area contributed by atoms with Crippen LogP contribution >= 0.6 is 0 Å². The smallest absolute Gasteiger partial charge is 0.418 e. The minimum Gasteiger partial charge on any atom is -0.480 e. The van der Waals surface area contributed by atoms with Crippen molar-refractivity contribution in [2.45, 2.75) is 25.1 Å². The van der Waals surface area contributed by atoms with Gasteiger partial charge in [-0.3, -0.25) is 4.98 Å². The fourth-order valence-electron chi connectivity index (χ4n) is 2.91. The van der Waals surface area contributed by atoms with Crippen LogP contribution in [0, 0.1) is 0 Å². The number of amides is 2. The third-order valence-corrected chi connectivity index (χ3v) is 4.23. The number of anilines is 1. The van der Waals surface area contributed by atoms with Crippen LogP contribution in [-0.4, -0.2) is 47.2 Å². The molecule has 0 saturated carbocycles. The molecule has 0 aliphatic carbocycles. The van der Waals surface area contributed by atoms with Crippen LogP contribution in [-0.2, 0) is 6.18 Å². The van der Waals surface area contributed by atoms with Crippen molar-refractivity contribution in [1.82, 2.24) is 14.9 Å². The molecule has 1 aromatic heterocycles. The number of likely N-dealkylation sites (tertiary alicyclic amines) is 1. The molecule has 1 unspecified atom stereocenters. The van der Waals surface area contributed by atoms with Crippen LogP contribution in [0.2, 0.25) is 0 Å². The van der Waals surface area contributed by atoms with Gasteiger partial charge in [0.05, 0.1) is 37.3 Å². The number of aromatic nitrogens is 2. The van der Waals surface area contributed by atoms with Gasteiger partial charge in [0.1, 0.15) is 6.10 Å². The standard InChI is InChI=1S/C18H19F3N4O3/c1-27-15-9-22-10-16(24-15)28-12-5-4-8-25(11-12)17(26)23-14-7-3-2-6-13(14)18(19,20)21/h2-3,6-7,9-10,12H,4-5,8,11H2,1H3,(H,23,26). The predicted octanol–water partition coefficient (Wildman–Crippen LogP) is 3.58. The molecule has 3 rings (SSSR count). The molecule has 28 heavy (non-hydrogen) atoms. The van der Waals surface area contributed by atoms with Crippen LogP contribution in [0.4, 0.5) is 23.7 Å². The number of rotatable bonds is 4. The Morgan fingerprint density at radius 2 is 2.00 bits per heavy atom. The lowest BCUT2D eigenvalue weighted by Crippen LogP contribution is -2.46. The van der Waals surface area contributed by atoms with Crippen molar-refractivity contribution in [3.8, 4) is 11.8 Å². The van der Waals surface area contributed by atoms with Gasteiger partial charge >= 0.3 is 12.2 Å². The Morgan fingerprint density at radius 3 is 2.75 bits per heavy atom. The van der Waals surface area contributed by atoms with Crippen LogP contribution < -0.4 is 14.8 Å². The molecule has 1 aliphatic heterocycles. The van der Waals surface area contributed by atoms with Gasteiger partial charge in [-0.25, -0.2) is 4.79 Å². The number of alkyl halides is 3. The van der Waals surface area contributed by atoms with E-state index in [4.69, 9.17) is 9.47 Å². The van der Waals surface area contributed by atoms with Crippen molar-refractivity contribution in [3.05, 3.63) is 42.2 Å². The molecule has 1 saturated heterocycles. The molecule has 0 spiro atoms. The maximum absolute atomic E-state index is 13.1. The molecular weight excluding hydrogens is 377 g/mol. The maximum atomic E-state index is 13.1. The molecule has 1 atom stereocenters. The summed E-state index contributed by atoms with van der Waals surface area (Å²) in [5.41, 5.74) is -1.17. The first-order chi connectivity index (χ1) is 13.4. The number of nitrogens with zero attached hydrogens (tertiary/aromatic N) is 3. The Kier molecular flexibility index (Phi) is 5.86. The van der Waals surface area contributed by atoms with Crippen molar-refractivity contribution in [1.29, 1.82) is 0 Å². The molecule has 1 fully saturated rings. The Balaban J connectivity index is 1.65. The molecule has 2 aromatic rings. The topological polar surface area (TPSA) is 76.6 Å². The zero-order valence-electron chi connectivity index (χ0n) is 15.1. The van der Waals surface area contributed by atoms with Crippen molar-refractivity contribution < 1.29 is 27.4 Å². The first kappa shape index (κ1) is 19.7. The minimum absolute atomic E-state index is 0.221. The fraction of sp³-hybridized carbons (Fsp3) is 0.389. The Hall–Kier alpha value is -3.04. The average Bonchev–Trinajstić information content (AvgIpc) is 2.68. The van der Waals surface area contributed by atoms with E-state index in [0.29, 0.717) is 25.3 Å². The van der Waals surface area contributed by atoms with Gasteiger partial charge in [0, 0.05) is 6.54 Å². The molecule has 2 amide bonds. The Bertz CT molecular complexity index is 832. The second-order valence-electron chi connectivity index (χ2n) is 6.20. The van der Waals surface area contributed by atoms with Gasteiger partial charge in [-0.2, -0.15) is 18.2 Å². The number of nitrogens with one attached hydrogen (secondary N) is 1. The summed E-state index contributed by atoms with van der Waals surface area (Å²) in [4.78, 5) is 22.0. The highest BCUT2D eigenvalue weighted by Gasteiger charge is 2.34. The molecule has 1 aliphatic rings. The number of piperidine rings is 1. The third-order valence-electron chi connectivity index (χ3n) is 4.23. The highest BCUT2D eigenvalue weighted by molar-refractivity contribution is 5.90. The summed E-state index contributed by atoms with van der Waals surface area (Å²) in [7, 11) is 1.46. The van der Waals surface area contributed by atoms with Gasteiger partial charge in [0.15, 0.2) is 0 Å². The van der Waals surface area contributed by atoms with E-state index in [-0.39, 0.29) is 24.2 Å². The van der Waals surface area contributed by atoms with Crippen molar-refractivity contribution in [3.63, 3.8) is 0 Å². The summed E-state index contributed by atoms with van der Waals surface area (Å²) in [6.45, 7) is 0.641. The SMILES string of the molecule is COc1cncc(OC2CCCN(C(=O)Nc3ccccc3C(F)(F)F)C2)n1. The number of benzene rings is 1. The van der Waals surface area contributed by atoms with E-state index in [1.54, 1.807) is 0 Å². The molecule has 1 aromatic carbocycles. The lowest BCUT2D eigenvalue weighted by Gasteiger charge is -2.32. The second kappa shape index (κ2) is 8.32. The highest BCUT2D eigenvalue weighted by atomic mass is 19.4. The largest absolute Gasteiger partial charge is 0.480 e. The van der Waals surface area contributed by atoms with Gasteiger partial charge in [0.2, 0.25) is 11.8 Å². The van der Waals surface area contributed by atoms with E-state index in [1.807, 2.05) is 0 Å². The zero-order valence-corrected chi connectivity index (χ0v) is 15.1. The maximum Gasteiger partial charge on any atom is 0.418 e. The molecule has 7 nitrogen and oxygen atoms in total. The Morgan fingerprint density at radius 1 is 1.25 bits per heavy atom. The number of hydrogen-bond acceptors (Lipinski definition) is 5. The molecule has 150 valence electrons. The Labute approximate surface area is 159 Å². The molecule has 0 bridgehead atoms. The van der Waals surface area contributed by atoms with Crippen molar-refractivity contribution in [2.75, 3.05) is 25.5 Å². The summed E-state index contributed by atoms with van der Waals surface area (Å²) < 4.78 is 50.0. The zero-order chi connectivity index (χ0) is 20.1. The van der Waals surface area contributed by atoms with E-state index >= 15 is 0 Å². The van der Waals surface area contributed by atoms with Crippen LogP contribution in [0.3, 0.4) is 0 Å². The van der Waals surface area contributed by atoms with Crippen LogP contribution in [0.5, 0.6) is 11.8 Å². The molecule has 2 heterocycles. The van der Waals surface area contributed by atoms with Gasteiger partial charge in [0.25, 0.3) is 0 Å². The van der Waals surface area contributed by atoms with Gasteiger partial charge in [-0.1, -0.05) is 12.1 Å². The fourth-order valence-corrected chi connectivity index (χ4v) is 2.91. The van der Waals surface area contributed by atoms with E-state index in [9.17, 15) is 18.0 Å². The lowest BCUT2D eigenvalue weighted by atomic mass is 10.1. The first-order valence-electron chi connectivity index (χ1n) is 8.61. The van der Waals surface area contributed by atoms with Crippen LogP contribution in [0.15, 0.2) is 36.7 Å². The normalized spacial score (nSPS) is 17.1. The number of ether oxygens (including phenoxy) is 2. The summed E-state index contributed by atoms with van der Waals surface area (Å²) in [5, 5.41) is 2.35.